The Kier molecular flexibility index (Phi) is 1.87. The van der Waals surface area contributed by atoms with Gasteiger partial charge in [0.1, 0.15) is 0 Å². The fourth-order valence-corrected chi connectivity index (χ4v) is 3.50. The Morgan fingerprint density at radius 1 is 1.50 bits per heavy atom. The monoisotopic (exact) mass is 207 g/mol. The zero-order chi connectivity index (χ0) is 9.54. The molecule has 2 fully saturated rings. The summed E-state index contributed by atoms with van der Waals surface area (Å²) >= 11 is 1.55. The van der Waals surface area contributed by atoms with Crippen molar-refractivity contribution < 1.29 is 4.79 Å². The van der Waals surface area contributed by atoms with E-state index in [0.29, 0.717) is 0 Å². The second-order valence-electron chi connectivity index (χ2n) is 4.31. The summed E-state index contributed by atoms with van der Waals surface area (Å²) < 4.78 is 0. The van der Waals surface area contributed by atoms with E-state index in [1.807, 2.05) is 6.07 Å². The summed E-state index contributed by atoms with van der Waals surface area (Å²) in [4.78, 5) is 13.9. The van der Waals surface area contributed by atoms with Crippen molar-refractivity contribution in [3.8, 4) is 0 Å². The Hall–Kier alpha value is -0.830. The summed E-state index contributed by atoms with van der Waals surface area (Å²) in [5.74, 6) is 0.916. The first-order valence-electron chi connectivity index (χ1n) is 5.17. The minimum Gasteiger partial charge on any atom is -0.368 e. The Labute approximate surface area is 87.5 Å². The molecule has 1 saturated heterocycles. The van der Waals surface area contributed by atoms with Gasteiger partial charge in [-0.1, -0.05) is 0 Å². The lowest BCUT2D eigenvalue weighted by Gasteiger charge is -2.27. The molecule has 1 saturated carbocycles. The molecule has 3 heteroatoms. The van der Waals surface area contributed by atoms with Crippen molar-refractivity contribution in [2.24, 2.45) is 5.92 Å². The average Bonchev–Trinajstić information content (AvgIpc) is 2.93. The van der Waals surface area contributed by atoms with E-state index in [0.717, 1.165) is 23.1 Å². The van der Waals surface area contributed by atoms with Crippen LogP contribution in [-0.4, -0.2) is 18.9 Å². The van der Waals surface area contributed by atoms with Gasteiger partial charge in [0.2, 0.25) is 0 Å². The van der Waals surface area contributed by atoms with Gasteiger partial charge in [0.15, 0.2) is 6.29 Å². The number of carbonyl (C=O) groups is 1. The van der Waals surface area contributed by atoms with Crippen LogP contribution in [0.15, 0.2) is 11.4 Å². The minimum atomic E-state index is 0.758. The molecule has 0 amide bonds. The fourth-order valence-electron chi connectivity index (χ4n) is 2.80. The van der Waals surface area contributed by atoms with Crippen LogP contribution in [0.4, 0.5) is 5.69 Å². The first-order valence-corrected chi connectivity index (χ1v) is 6.05. The molecule has 2 bridgehead atoms. The van der Waals surface area contributed by atoms with E-state index in [9.17, 15) is 4.79 Å². The molecule has 14 heavy (non-hydrogen) atoms. The lowest BCUT2D eigenvalue weighted by Crippen LogP contribution is -2.31. The zero-order valence-corrected chi connectivity index (χ0v) is 8.80. The third-order valence-corrected chi connectivity index (χ3v) is 4.31. The summed E-state index contributed by atoms with van der Waals surface area (Å²) in [7, 11) is 0. The van der Waals surface area contributed by atoms with Crippen molar-refractivity contribution in [2.75, 3.05) is 11.4 Å². The molecule has 0 radical (unpaired) electrons. The molecule has 2 unspecified atom stereocenters. The number of hydrogen-bond acceptors (Lipinski definition) is 3. The third kappa shape index (κ3) is 1.19. The van der Waals surface area contributed by atoms with Gasteiger partial charge in [-0.05, 0) is 31.2 Å². The maximum absolute atomic E-state index is 10.6. The smallest absolute Gasteiger partial charge is 0.160 e. The second kappa shape index (κ2) is 3.09. The van der Waals surface area contributed by atoms with Crippen molar-refractivity contribution in [3.05, 3.63) is 16.3 Å². The first kappa shape index (κ1) is 8.48. The van der Waals surface area contributed by atoms with Gasteiger partial charge in [0, 0.05) is 23.7 Å². The number of thiophene rings is 1. The van der Waals surface area contributed by atoms with E-state index in [4.69, 9.17) is 0 Å². The van der Waals surface area contributed by atoms with Crippen molar-refractivity contribution in [1.82, 2.24) is 0 Å². The molecule has 0 spiro atoms. The van der Waals surface area contributed by atoms with Crippen molar-refractivity contribution in [2.45, 2.75) is 25.3 Å². The number of fused-ring (bicyclic) bond motifs is 2. The highest BCUT2D eigenvalue weighted by atomic mass is 32.1. The number of nitrogens with zero attached hydrogens (tertiary/aromatic N) is 1. The van der Waals surface area contributed by atoms with Gasteiger partial charge in [0.25, 0.3) is 0 Å². The van der Waals surface area contributed by atoms with Crippen LogP contribution in [0.3, 0.4) is 0 Å². The molecule has 1 aliphatic carbocycles. The SMILES string of the molecule is O=Cc1cc(N2CC3CCC2C3)cs1. The van der Waals surface area contributed by atoms with Gasteiger partial charge in [-0.3, -0.25) is 4.79 Å². The fraction of sp³-hybridized carbons (Fsp3) is 0.545. The van der Waals surface area contributed by atoms with E-state index in [1.165, 1.54) is 31.5 Å². The predicted octanol–water partition coefficient (Wildman–Crippen LogP) is 2.55. The molecular formula is C11H13NOS. The summed E-state index contributed by atoms with van der Waals surface area (Å²) in [6.07, 6.45) is 5.07. The molecule has 2 nitrogen and oxygen atoms in total. The Morgan fingerprint density at radius 3 is 3.00 bits per heavy atom. The molecule has 1 aromatic heterocycles. The topological polar surface area (TPSA) is 20.3 Å². The molecule has 3 rings (SSSR count). The predicted molar refractivity (Wildman–Crippen MR) is 58.2 cm³/mol. The van der Waals surface area contributed by atoms with Crippen LogP contribution in [0.5, 0.6) is 0 Å². The van der Waals surface area contributed by atoms with Gasteiger partial charge >= 0.3 is 0 Å². The molecule has 0 aromatic carbocycles. The second-order valence-corrected chi connectivity index (χ2v) is 5.25. The van der Waals surface area contributed by atoms with Gasteiger partial charge in [-0.2, -0.15) is 0 Å². The first-order chi connectivity index (χ1) is 6.86. The summed E-state index contributed by atoms with van der Waals surface area (Å²) in [6, 6.07) is 2.78. The maximum Gasteiger partial charge on any atom is 0.160 e. The Balaban J connectivity index is 1.85. The normalized spacial score (nSPS) is 29.9. The number of aldehydes is 1. The molecule has 2 atom stereocenters. The Bertz CT molecular complexity index is 360. The highest BCUT2D eigenvalue weighted by Gasteiger charge is 2.37. The van der Waals surface area contributed by atoms with Crippen molar-refractivity contribution in [1.29, 1.82) is 0 Å². The van der Waals surface area contributed by atoms with Crippen molar-refractivity contribution in [3.63, 3.8) is 0 Å². The maximum atomic E-state index is 10.6. The molecule has 0 N–H and O–H groups in total. The molecular weight excluding hydrogens is 194 g/mol. The van der Waals surface area contributed by atoms with Crippen LogP contribution in [0.1, 0.15) is 28.9 Å². The number of carbonyl (C=O) groups excluding carboxylic acids is 1. The van der Waals surface area contributed by atoms with Crippen LogP contribution >= 0.6 is 11.3 Å². The highest BCUT2D eigenvalue weighted by Crippen LogP contribution is 2.41. The minimum absolute atomic E-state index is 0.758. The summed E-state index contributed by atoms with van der Waals surface area (Å²) in [6.45, 7) is 1.21. The van der Waals surface area contributed by atoms with E-state index < -0.39 is 0 Å². The molecule has 74 valence electrons. The van der Waals surface area contributed by atoms with Crippen LogP contribution < -0.4 is 4.90 Å². The van der Waals surface area contributed by atoms with E-state index in [-0.39, 0.29) is 0 Å². The molecule has 1 aromatic rings. The molecule has 1 aliphatic heterocycles. The summed E-state index contributed by atoms with van der Waals surface area (Å²) in [5, 5.41) is 2.12. The lowest BCUT2D eigenvalue weighted by molar-refractivity contribution is 0.112. The van der Waals surface area contributed by atoms with Crippen LogP contribution in [0.2, 0.25) is 0 Å². The van der Waals surface area contributed by atoms with E-state index >= 15 is 0 Å². The van der Waals surface area contributed by atoms with E-state index in [1.54, 1.807) is 11.3 Å². The number of hydrogen-bond donors (Lipinski definition) is 0. The van der Waals surface area contributed by atoms with Crippen LogP contribution in [-0.2, 0) is 0 Å². The van der Waals surface area contributed by atoms with Crippen molar-refractivity contribution >= 4 is 23.3 Å². The number of rotatable bonds is 2. The summed E-state index contributed by atoms with van der Waals surface area (Å²) in [5.41, 5.74) is 1.27. The zero-order valence-electron chi connectivity index (χ0n) is 7.98. The molecule has 2 aliphatic rings. The van der Waals surface area contributed by atoms with Gasteiger partial charge in [-0.25, -0.2) is 0 Å². The van der Waals surface area contributed by atoms with Crippen LogP contribution in [0, 0.1) is 5.92 Å². The standard InChI is InChI=1S/C11H13NOS/c13-6-11-4-10(7-14-11)12-5-8-1-2-9(12)3-8/h4,6-9H,1-3,5H2. The Morgan fingerprint density at radius 2 is 2.43 bits per heavy atom. The largest absolute Gasteiger partial charge is 0.368 e. The number of piperidine rings is 1. The highest BCUT2D eigenvalue weighted by molar-refractivity contribution is 7.12. The van der Waals surface area contributed by atoms with Gasteiger partial charge in [0.05, 0.1) is 4.88 Å². The quantitative estimate of drug-likeness (QED) is 0.695. The van der Waals surface area contributed by atoms with Gasteiger partial charge < -0.3 is 4.90 Å². The van der Waals surface area contributed by atoms with E-state index in [2.05, 4.69) is 10.3 Å². The molecule has 2 heterocycles. The van der Waals surface area contributed by atoms with Crippen LogP contribution in [0.25, 0.3) is 0 Å². The van der Waals surface area contributed by atoms with Gasteiger partial charge in [-0.15, -0.1) is 11.3 Å². The number of anilines is 1. The average molecular weight is 207 g/mol. The third-order valence-electron chi connectivity index (χ3n) is 3.46. The lowest BCUT2D eigenvalue weighted by atomic mass is 10.1.